The molecule has 0 aliphatic carbocycles. The third-order valence-corrected chi connectivity index (χ3v) is 2.77. The summed E-state index contributed by atoms with van der Waals surface area (Å²) in [7, 11) is 0. The van der Waals surface area contributed by atoms with Crippen molar-refractivity contribution in [2.45, 2.75) is 26.2 Å². The molecule has 5 heteroatoms. The van der Waals surface area contributed by atoms with Crippen LogP contribution in [-0.2, 0) is 14.3 Å². The first-order chi connectivity index (χ1) is 7.59. The highest BCUT2D eigenvalue weighted by molar-refractivity contribution is 5.79. The molecule has 0 saturated carbocycles. The van der Waals surface area contributed by atoms with Crippen molar-refractivity contribution in [2.24, 2.45) is 17.6 Å². The summed E-state index contributed by atoms with van der Waals surface area (Å²) in [4.78, 5) is 22.4. The lowest BCUT2D eigenvalue weighted by atomic mass is 9.99. The van der Waals surface area contributed by atoms with E-state index in [-0.39, 0.29) is 23.7 Å². The first-order valence-electron chi connectivity index (χ1n) is 5.73. The number of nitrogens with one attached hydrogen (secondary N) is 1. The Morgan fingerprint density at radius 1 is 1.44 bits per heavy atom. The molecular formula is C11H20N2O3. The zero-order valence-electron chi connectivity index (χ0n) is 9.70. The molecule has 1 saturated heterocycles. The van der Waals surface area contributed by atoms with E-state index in [1.807, 2.05) is 6.92 Å². The Morgan fingerprint density at radius 2 is 2.06 bits per heavy atom. The maximum Gasteiger partial charge on any atom is 0.223 e. The molecule has 1 aliphatic rings. The Hall–Kier alpha value is -1.10. The zero-order valence-corrected chi connectivity index (χ0v) is 9.70. The van der Waals surface area contributed by atoms with Gasteiger partial charge in [0.1, 0.15) is 0 Å². The van der Waals surface area contributed by atoms with E-state index in [1.54, 1.807) is 0 Å². The number of hydrogen-bond acceptors (Lipinski definition) is 3. The van der Waals surface area contributed by atoms with Crippen molar-refractivity contribution in [1.82, 2.24) is 5.32 Å². The van der Waals surface area contributed by atoms with E-state index in [1.165, 1.54) is 0 Å². The molecule has 1 rings (SSSR count). The molecule has 1 atom stereocenters. The Labute approximate surface area is 95.7 Å². The Balaban J connectivity index is 2.20. The Morgan fingerprint density at radius 3 is 2.62 bits per heavy atom. The van der Waals surface area contributed by atoms with Gasteiger partial charge in [-0.1, -0.05) is 6.92 Å². The fourth-order valence-electron chi connectivity index (χ4n) is 1.79. The van der Waals surface area contributed by atoms with Gasteiger partial charge in [-0.05, 0) is 18.8 Å². The molecule has 0 bridgehead atoms. The van der Waals surface area contributed by atoms with Gasteiger partial charge in [-0.3, -0.25) is 9.59 Å². The third kappa shape index (κ3) is 4.61. The monoisotopic (exact) mass is 228 g/mol. The van der Waals surface area contributed by atoms with Crippen molar-refractivity contribution in [3.8, 4) is 0 Å². The zero-order chi connectivity index (χ0) is 12.0. The van der Waals surface area contributed by atoms with Gasteiger partial charge in [-0.25, -0.2) is 0 Å². The van der Waals surface area contributed by atoms with Gasteiger partial charge >= 0.3 is 0 Å². The van der Waals surface area contributed by atoms with Crippen LogP contribution in [0, 0.1) is 11.8 Å². The average Bonchev–Trinajstić information content (AvgIpc) is 2.26. The Bertz CT molecular complexity index is 250. The van der Waals surface area contributed by atoms with Crippen LogP contribution in [0.4, 0.5) is 0 Å². The summed E-state index contributed by atoms with van der Waals surface area (Å²) in [5.74, 6) is -0.0942. The summed E-state index contributed by atoms with van der Waals surface area (Å²) in [6.45, 7) is 3.73. The summed E-state index contributed by atoms with van der Waals surface area (Å²) in [6.07, 6.45) is 1.89. The van der Waals surface area contributed by atoms with Gasteiger partial charge in [0.05, 0.1) is 0 Å². The Kier molecular flexibility index (Phi) is 5.25. The van der Waals surface area contributed by atoms with E-state index in [2.05, 4.69) is 5.32 Å². The van der Waals surface area contributed by atoms with Crippen LogP contribution in [0.3, 0.4) is 0 Å². The van der Waals surface area contributed by atoms with Crippen molar-refractivity contribution in [3.63, 3.8) is 0 Å². The predicted octanol–water partition coefficient (Wildman–Crippen LogP) is 0.0407. The highest BCUT2D eigenvalue weighted by Gasteiger charge is 2.21. The van der Waals surface area contributed by atoms with Crippen molar-refractivity contribution < 1.29 is 14.3 Å². The van der Waals surface area contributed by atoms with E-state index in [0.717, 1.165) is 12.8 Å². The SMILES string of the molecule is C[C@H](CNC(=O)C1CCOCC1)CC(N)=O. The first-order valence-corrected chi connectivity index (χ1v) is 5.73. The number of primary amides is 1. The van der Waals surface area contributed by atoms with Gasteiger partial charge < -0.3 is 15.8 Å². The third-order valence-electron chi connectivity index (χ3n) is 2.77. The molecule has 0 spiro atoms. The molecule has 1 heterocycles. The second kappa shape index (κ2) is 6.48. The number of hydrogen-bond donors (Lipinski definition) is 2. The smallest absolute Gasteiger partial charge is 0.223 e. The van der Waals surface area contributed by atoms with Gasteiger partial charge in [0.15, 0.2) is 0 Å². The molecule has 0 aromatic rings. The summed E-state index contributed by atoms with van der Waals surface area (Å²) in [6, 6.07) is 0. The van der Waals surface area contributed by atoms with Gasteiger partial charge in [0, 0.05) is 32.1 Å². The molecule has 0 radical (unpaired) electrons. The summed E-state index contributed by atoms with van der Waals surface area (Å²) in [5, 5.41) is 2.86. The minimum atomic E-state index is -0.326. The number of amides is 2. The maximum absolute atomic E-state index is 11.7. The lowest BCUT2D eigenvalue weighted by Crippen LogP contribution is -2.37. The lowest BCUT2D eigenvalue weighted by Gasteiger charge is -2.22. The van der Waals surface area contributed by atoms with Gasteiger partial charge in [-0.2, -0.15) is 0 Å². The molecule has 0 unspecified atom stereocenters. The normalized spacial score (nSPS) is 19.1. The quantitative estimate of drug-likeness (QED) is 0.697. The topological polar surface area (TPSA) is 81.4 Å². The molecule has 92 valence electrons. The standard InChI is InChI=1S/C11H20N2O3/c1-8(6-10(12)14)7-13-11(15)9-2-4-16-5-3-9/h8-9H,2-7H2,1H3,(H2,12,14)(H,13,15)/t8-/m0/s1. The summed E-state index contributed by atoms with van der Waals surface area (Å²) in [5.41, 5.74) is 5.07. The van der Waals surface area contributed by atoms with Crippen LogP contribution in [0.5, 0.6) is 0 Å². The highest BCUT2D eigenvalue weighted by Crippen LogP contribution is 2.14. The minimum absolute atomic E-state index is 0.0644. The number of ether oxygens (including phenoxy) is 1. The van der Waals surface area contributed by atoms with E-state index in [9.17, 15) is 9.59 Å². The van der Waals surface area contributed by atoms with Crippen LogP contribution < -0.4 is 11.1 Å². The predicted molar refractivity (Wildman–Crippen MR) is 59.5 cm³/mol. The van der Waals surface area contributed by atoms with E-state index in [4.69, 9.17) is 10.5 Å². The number of rotatable bonds is 5. The largest absolute Gasteiger partial charge is 0.381 e. The van der Waals surface area contributed by atoms with Gasteiger partial charge in [-0.15, -0.1) is 0 Å². The summed E-state index contributed by atoms with van der Waals surface area (Å²) >= 11 is 0. The minimum Gasteiger partial charge on any atom is -0.381 e. The fraction of sp³-hybridized carbons (Fsp3) is 0.818. The van der Waals surface area contributed by atoms with Crippen LogP contribution in [0.25, 0.3) is 0 Å². The van der Waals surface area contributed by atoms with Crippen LogP contribution in [0.1, 0.15) is 26.2 Å². The summed E-state index contributed by atoms with van der Waals surface area (Å²) < 4.78 is 5.19. The highest BCUT2D eigenvalue weighted by atomic mass is 16.5. The van der Waals surface area contributed by atoms with E-state index < -0.39 is 0 Å². The van der Waals surface area contributed by atoms with Crippen molar-refractivity contribution in [1.29, 1.82) is 0 Å². The van der Waals surface area contributed by atoms with E-state index >= 15 is 0 Å². The second-order valence-electron chi connectivity index (χ2n) is 4.41. The maximum atomic E-state index is 11.7. The number of carbonyl (C=O) groups excluding carboxylic acids is 2. The molecule has 3 N–H and O–H groups in total. The number of nitrogens with two attached hydrogens (primary N) is 1. The molecule has 0 aromatic heterocycles. The van der Waals surface area contributed by atoms with Crippen LogP contribution in [0.2, 0.25) is 0 Å². The van der Waals surface area contributed by atoms with Crippen LogP contribution in [0.15, 0.2) is 0 Å². The van der Waals surface area contributed by atoms with Crippen molar-refractivity contribution >= 4 is 11.8 Å². The van der Waals surface area contributed by atoms with Crippen molar-refractivity contribution in [2.75, 3.05) is 19.8 Å². The first kappa shape index (κ1) is 13.0. The molecule has 1 fully saturated rings. The molecule has 1 aliphatic heterocycles. The second-order valence-corrected chi connectivity index (χ2v) is 4.41. The molecular weight excluding hydrogens is 208 g/mol. The van der Waals surface area contributed by atoms with Crippen LogP contribution in [-0.4, -0.2) is 31.6 Å². The molecule has 5 nitrogen and oxygen atoms in total. The molecule has 16 heavy (non-hydrogen) atoms. The fourth-order valence-corrected chi connectivity index (χ4v) is 1.79. The number of carbonyl (C=O) groups is 2. The molecule has 2 amide bonds. The van der Waals surface area contributed by atoms with Crippen molar-refractivity contribution in [3.05, 3.63) is 0 Å². The van der Waals surface area contributed by atoms with Gasteiger partial charge in [0.2, 0.25) is 11.8 Å². The van der Waals surface area contributed by atoms with Gasteiger partial charge in [0.25, 0.3) is 0 Å². The lowest BCUT2D eigenvalue weighted by molar-refractivity contribution is -0.128. The molecule has 0 aromatic carbocycles. The average molecular weight is 228 g/mol. The van der Waals surface area contributed by atoms with Crippen LogP contribution >= 0.6 is 0 Å². The van der Waals surface area contributed by atoms with E-state index in [0.29, 0.717) is 26.2 Å².